The summed E-state index contributed by atoms with van der Waals surface area (Å²) in [6, 6.07) is 9.97. The molecular weight excluding hydrogens is 308 g/mol. The number of phenols is 1. The first-order chi connectivity index (χ1) is 8.99. The molecule has 0 atom stereocenters. The van der Waals surface area contributed by atoms with E-state index >= 15 is 0 Å². The van der Waals surface area contributed by atoms with Crippen LogP contribution in [-0.2, 0) is 0 Å². The Morgan fingerprint density at radius 2 is 2.05 bits per heavy atom. The average molecular weight is 321 g/mol. The van der Waals surface area contributed by atoms with Gasteiger partial charge < -0.3 is 16.2 Å². The number of amides is 1. The first-order valence-corrected chi connectivity index (χ1v) is 6.43. The number of phenolic OH excluding ortho intramolecular Hbond substituents is 1. The zero-order chi connectivity index (χ0) is 14.0. The van der Waals surface area contributed by atoms with Crippen LogP contribution >= 0.6 is 15.9 Å². The highest BCUT2D eigenvalue weighted by atomic mass is 79.9. The van der Waals surface area contributed by atoms with E-state index < -0.39 is 0 Å². The molecule has 0 bridgehead atoms. The molecule has 1 amide bonds. The molecule has 0 saturated heterocycles. The fourth-order valence-corrected chi connectivity index (χ4v) is 1.99. The molecule has 0 spiro atoms. The highest BCUT2D eigenvalue weighted by Gasteiger charge is 2.10. The van der Waals surface area contributed by atoms with Gasteiger partial charge in [0, 0.05) is 15.7 Å². The number of benzene rings is 2. The van der Waals surface area contributed by atoms with Gasteiger partial charge in [-0.15, -0.1) is 0 Å². The normalized spacial score (nSPS) is 10.2. The number of carbonyl (C=O) groups is 1. The Bertz CT molecular complexity index is 641. The number of anilines is 2. The quantitative estimate of drug-likeness (QED) is 0.587. The summed E-state index contributed by atoms with van der Waals surface area (Å²) in [5.74, 6) is -0.393. The maximum atomic E-state index is 12.1. The van der Waals surface area contributed by atoms with Crippen LogP contribution in [-0.4, -0.2) is 11.0 Å². The van der Waals surface area contributed by atoms with E-state index in [1.807, 2.05) is 25.1 Å². The van der Waals surface area contributed by atoms with Crippen molar-refractivity contribution in [2.75, 3.05) is 11.1 Å². The van der Waals surface area contributed by atoms with Gasteiger partial charge in [-0.2, -0.15) is 0 Å². The maximum Gasteiger partial charge on any atom is 0.255 e. The molecule has 0 aliphatic carbocycles. The standard InChI is InChI=1S/C14H13BrN2O2/c1-8-10(15)3-2-4-12(8)17-14(19)9-5-6-11(16)13(18)7-9/h2-7,18H,16H2,1H3,(H,17,19). The number of aromatic hydroxyl groups is 1. The van der Waals surface area contributed by atoms with Crippen LogP contribution in [0, 0.1) is 6.92 Å². The smallest absolute Gasteiger partial charge is 0.255 e. The number of hydrogen-bond acceptors (Lipinski definition) is 3. The number of rotatable bonds is 2. The lowest BCUT2D eigenvalue weighted by molar-refractivity contribution is 0.102. The van der Waals surface area contributed by atoms with Crippen LogP contribution < -0.4 is 11.1 Å². The second-order valence-electron chi connectivity index (χ2n) is 4.14. The van der Waals surface area contributed by atoms with Crippen molar-refractivity contribution in [3.63, 3.8) is 0 Å². The van der Waals surface area contributed by atoms with Crippen LogP contribution in [0.1, 0.15) is 15.9 Å². The van der Waals surface area contributed by atoms with E-state index in [-0.39, 0.29) is 17.3 Å². The van der Waals surface area contributed by atoms with Crippen molar-refractivity contribution in [3.8, 4) is 5.75 Å². The van der Waals surface area contributed by atoms with E-state index in [4.69, 9.17) is 5.73 Å². The Kier molecular flexibility index (Phi) is 3.76. The molecule has 0 radical (unpaired) electrons. The third-order valence-electron chi connectivity index (χ3n) is 2.81. The lowest BCUT2D eigenvalue weighted by atomic mass is 10.1. The molecule has 2 aromatic carbocycles. The van der Waals surface area contributed by atoms with Gasteiger partial charge in [-0.1, -0.05) is 22.0 Å². The molecule has 0 aliphatic rings. The fraction of sp³-hybridized carbons (Fsp3) is 0.0714. The van der Waals surface area contributed by atoms with Crippen LogP contribution in [0.2, 0.25) is 0 Å². The molecular formula is C14H13BrN2O2. The predicted molar refractivity (Wildman–Crippen MR) is 79.4 cm³/mol. The number of halogens is 1. The molecule has 0 saturated carbocycles. The SMILES string of the molecule is Cc1c(Br)cccc1NC(=O)c1ccc(N)c(O)c1. The lowest BCUT2D eigenvalue weighted by Crippen LogP contribution is -2.12. The maximum absolute atomic E-state index is 12.1. The zero-order valence-electron chi connectivity index (χ0n) is 10.3. The molecule has 2 aromatic rings. The van der Waals surface area contributed by atoms with E-state index in [0.717, 1.165) is 15.7 Å². The van der Waals surface area contributed by atoms with E-state index in [9.17, 15) is 9.90 Å². The summed E-state index contributed by atoms with van der Waals surface area (Å²) in [5, 5.41) is 12.3. The minimum Gasteiger partial charge on any atom is -0.506 e. The molecule has 0 aliphatic heterocycles. The summed E-state index contributed by atoms with van der Waals surface area (Å²) >= 11 is 3.41. The molecule has 0 unspecified atom stereocenters. The largest absolute Gasteiger partial charge is 0.506 e. The molecule has 5 heteroatoms. The molecule has 2 rings (SSSR count). The molecule has 4 nitrogen and oxygen atoms in total. The first kappa shape index (κ1) is 13.4. The number of carbonyl (C=O) groups excluding carboxylic acids is 1. The van der Waals surface area contributed by atoms with Gasteiger partial charge >= 0.3 is 0 Å². The van der Waals surface area contributed by atoms with Crippen LogP contribution in [0.25, 0.3) is 0 Å². The van der Waals surface area contributed by atoms with E-state index in [1.165, 1.54) is 12.1 Å². The average Bonchev–Trinajstić information content (AvgIpc) is 2.38. The van der Waals surface area contributed by atoms with Gasteiger partial charge in [0.15, 0.2) is 0 Å². The van der Waals surface area contributed by atoms with Crippen molar-refractivity contribution < 1.29 is 9.90 Å². The topological polar surface area (TPSA) is 75.4 Å². The molecule has 19 heavy (non-hydrogen) atoms. The summed E-state index contributed by atoms with van der Waals surface area (Å²) in [7, 11) is 0. The third-order valence-corrected chi connectivity index (χ3v) is 3.67. The zero-order valence-corrected chi connectivity index (χ0v) is 11.9. The number of nitrogen functional groups attached to an aromatic ring is 1. The Morgan fingerprint density at radius 3 is 2.74 bits per heavy atom. The fourth-order valence-electron chi connectivity index (χ4n) is 1.62. The summed E-state index contributed by atoms with van der Waals surface area (Å²) in [6.45, 7) is 1.90. The van der Waals surface area contributed by atoms with Crippen LogP contribution in [0.4, 0.5) is 11.4 Å². The Morgan fingerprint density at radius 1 is 1.32 bits per heavy atom. The van der Waals surface area contributed by atoms with Gasteiger partial charge in [-0.25, -0.2) is 0 Å². The molecule has 0 fully saturated rings. The van der Waals surface area contributed by atoms with Crippen molar-refractivity contribution in [1.29, 1.82) is 0 Å². The van der Waals surface area contributed by atoms with Crippen molar-refractivity contribution >= 4 is 33.2 Å². The molecule has 0 heterocycles. The number of nitrogens with one attached hydrogen (secondary N) is 1. The van der Waals surface area contributed by atoms with E-state index in [0.29, 0.717) is 5.56 Å². The van der Waals surface area contributed by atoms with E-state index in [1.54, 1.807) is 6.07 Å². The van der Waals surface area contributed by atoms with Crippen molar-refractivity contribution in [1.82, 2.24) is 0 Å². The summed E-state index contributed by atoms with van der Waals surface area (Å²) < 4.78 is 0.922. The Balaban J connectivity index is 2.26. The highest BCUT2D eigenvalue weighted by Crippen LogP contribution is 2.25. The lowest BCUT2D eigenvalue weighted by Gasteiger charge is -2.10. The van der Waals surface area contributed by atoms with Gasteiger partial charge in [0.2, 0.25) is 0 Å². The minimum absolute atomic E-state index is 0.0985. The second-order valence-corrected chi connectivity index (χ2v) is 4.99. The molecule has 0 aromatic heterocycles. The summed E-state index contributed by atoms with van der Waals surface area (Å²) in [5.41, 5.74) is 7.75. The highest BCUT2D eigenvalue weighted by molar-refractivity contribution is 9.10. The molecule has 4 N–H and O–H groups in total. The minimum atomic E-state index is -0.295. The van der Waals surface area contributed by atoms with E-state index in [2.05, 4.69) is 21.2 Å². The van der Waals surface area contributed by atoms with Crippen molar-refractivity contribution in [2.45, 2.75) is 6.92 Å². The predicted octanol–water partition coefficient (Wildman–Crippen LogP) is 3.30. The molecule has 98 valence electrons. The third kappa shape index (κ3) is 2.88. The first-order valence-electron chi connectivity index (χ1n) is 5.64. The van der Waals surface area contributed by atoms with Crippen molar-refractivity contribution in [3.05, 3.63) is 52.0 Å². The van der Waals surface area contributed by atoms with Crippen molar-refractivity contribution in [2.24, 2.45) is 0 Å². The van der Waals surface area contributed by atoms with Gasteiger partial charge in [0.05, 0.1) is 5.69 Å². The van der Waals surface area contributed by atoms with Crippen LogP contribution in [0.15, 0.2) is 40.9 Å². The van der Waals surface area contributed by atoms with Crippen LogP contribution in [0.3, 0.4) is 0 Å². The Hall–Kier alpha value is -2.01. The Labute approximate surface area is 119 Å². The van der Waals surface area contributed by atoms with Gasteiger partial charge in [-0.05, 0) is 42.8 Å². The monoisotopic (exact) mass is 320 g/mol. The van der Waals surface area contributed by atoms with Crippen LogP contribution in [0.5, 0.6) is 5.75 Å². The second kappa shape index (κ2) is 5.32. The van der Waals surface area contributed by atoms with Gasteiger partial charge in [-0.3, -0.25) is 4.79 Å². The van der Waals surface area contributed by atoms with Gasteiger partial charge in [0.25, 0.3) is 5.91 Å². The number of nitrogens with two attached hydrogens (primary N) is 1. The summed E-state index contributed by atoms with van der Waals surface area (Å²) in [4.78, 5) is 12.1. The number of hydrogen-bond donors (Lipinski definition) is 3. The van der Waals surface area contributed by atoms with Gasteiger partial charge in [0.1, 0.15) is 5.75 Å². The summed E-state index contributed by atoms with van der Waals surface area (Å²) in [6.07, 6.45) is 0.